The Morgan fingerprint density at radius 3 is 2.64 bits per heavy atom. The average molecular weight is 343 g/mol. The number of esters is 1. The number of methoxy groups -OCH3 is 1. The highest BCUT2D eigenvalue weighted by molar-refractivity contribution is 5.88. The number of carbonyl (C=O) groups is 1. The number of anilines is 1. The molecule has 3 heterocycles. The molecule has 0 aliphatic carbocycles. The van der Waals surface area contributed by atoms with Crippen LogP contribution in [0.1, 0.15) is 34.8 Å². The zero-order valence-corrected chi connectivity index (χ0v) is 13.7. The lowest BCUT2D eigenvalue weighted by atomic mass is 9.91. The van der Waals surface area contributed by atoms with Crippen LogP contribution in [0.2, 0.25) is 0 Å². The number of piperidine rings is 1. The summed E-state index contributed by atoms with van der Waals surface area (Å²) in [6.45, 7) is 1.21. The molecule has 0 unspecified atom stereocenters. The maximum absolute atomic E-state index is 11.7. The van der Waals surface area contributed by atoms with Crippen LogP contribution in [0.5, 0.6) is 0 Å². The molecule has 0 radical (unpaired) electrons. The summed E-state index contributed by atoms with van der Waals surface area (Å²) in [4.78, 5) is 28.5. The van der Waals surface area contributed by atoms with Crippen LogP contribution >= 0.6 is 0 Å². The zero-order valence-electron chi connectivity index (χ0n) is 13.7. The van der Waals surface area contributed by atoms with Gasteiger partial charge in [0.25, 0.3) is 0 Å². The molecule has 2 aromatic heterocycles. The quantitative estimate of drug-likeness (QED) is 0.470. The molecule has 1 aliphatic rings. The van der Waals surface area contributed by atoms with Crippen LogP contribution in [0.25, 0.3) is 0 Å². The topological polar surface area (TPSA) is 111 Å². The summed E-state index contributed by atoms with van der Waals surface area (Å²) in [6, 6.07) is 4.54. The molecule has 0 amide bonds. The molecular weight excluding hydrogens is 326 g/mol. The van der Waals surface area contributed by atoms with Crippen LogP contribution in [0, 0.1) is 10.1 Å². The lowest BCUT2D eigenvalue weighted by Crippen LogP contribution is -2.34. The maximum Gasteiger partial charge on any atom is 0.356 e. The molecular formula is C16H17N5O4. The van der Waals surface area contributed by atoms with Gasteiger partial charge in [0.05, 0.1) is 18.2 Å². The number of ether oxygens (including phenoxy) is 1. The van der Waals surface area contributed by atoms with Gasteiger partial charge in [-0.1, -0.05) is 0 Å². The van der Waals surface area contributed by atoms with Gasteiger partial charge in [0.2, 0.25) is 5.82 Å². The van der Waals surface area contributed by atoms with Crippen LogP contribution in [0.4, 0.5) is 11.5 Å². The second kappa shape index (κ2) is 7.20. The lowest BCUT2D eigenvalue weighted by molar-refractivity contribution is -0.384. The molecule has 0 N–H and O–H groups in total. The number of hydrogen-bond donors (Lipinski definition) is 0. The van der Waals surface area contributed by atoms with Crippen LogP contribution < -0.4 is 4.90 Å². The number of aromatic nitrogens is 3. The third-order valence-corrected chi connectivity index (χ3v) is 4.32. The van der Waals surface area contributed by atoms with Gasteiger partial charge in [0.15, 0.2) is 5.69 Å². The number of rotatable bonds is 4. The van der Waals surface area contributed by atoms with E-state index in [2.05, 4.69) is 19.9 Å². The van der Waals surface area contributed by atoms with Gasteiger partial charge in [0, 0.05) is 25.4 Å². The van der Waals surface area contributed by atoms with Gasteiger partial charge in [-0.15, -0.1) is 0 Å². The van der Waals surface area contributed by atoms with Crippen molar-refractivity contribution in [1.82, 2.24) is 15.2 Å². The largest absolute Gasteiger partial charge is 0.464 e. The SMILES string of the molecule is COC(=O)c1ccc([N+](=O)[O-])c(N2CCC(c3ccnnc3)CC2)n1. The highest BCUT2D eigenvalue weighted by atomic mass is 16.6. The van der Waals surface area contributed by atoms with Crippen LogP contribution in [-0.4, -0.2) is 46.3 Å². The van der Waals surface area contributed by atoms with E-state index in [1.54, 1.807) is 12.4 Å². The first-order chi connectivity index (χ1) is 12.1. The molecule has 1 saturated heterocycles. The molecule has 1 aliphatic heterocycles. The van der Waals surface area contributed by atoms with Crippen LogP contribution in [0.15, 0.2) is 30.6 Å². The molecule has 0 aromatic carbocycles. The summed E-state index contributed by atoms with van der Waals surface area (Å²) in [7, 11) is 1.25. The smallest absolute Gasteiger partial charge is 0.356 e. The van der Waals surface area contributed by atoms with E-state index in [0.717, 1.165) is 18.4 Å². The second-order valence-corrected chi connectivity index (χ2v) is 5.73. The lowest BCUT2D eigenvalue weighted by Gasteiger charge is -2.32. The molecule has 2 aromatic rings. The van der Waals surface area contributed by atoms with Gasteiger partial charge in [0.1, 0.15) is 0 Å². The van der Waals surface area contributed by atoms with Gasteiger partial charge in [-0.3, -0.25) is 10.1 Å². The maximum atomic E-state index is 11.7. The number of nitro groups is 1. The summed E-state index contributed by atoms with van der Waals surface area (Å²) in [5, 5.41) is 19.0. The Morgan fingerprint density at radius 1 is 1.28 bits per heavy atom. The summed E-state index contributed by atoms with van der Waals surface area (Å²) < 4.78 is 4.65. The third kappa shape index (κ3) is 3.54. The van der Waals surface area contributed by atoms with Crippen molar-refractivity contribution in [3.8, 4) is 0 Å². The van der Waals surface area contributed by atoms with Gasteiger partial charge >= 0.3 is 11.7 Å². The van der Waals surface area contributed by atoms with Crippen molar-refractivity contribution in [3.63, 3.8) is 0 Å². The van der Waals surface area contributed by atoms with E-state index in [1.165, 1.54) is 19.2 Å². The van der Waals surface area contributed by atoms with E-state index in [9.17, 15) is 14.9 Å². The molecule has 130 valence electrons. The Bertz CT molecular complexity index is 775. The Kier molecular flexibility index (Phi) is 4.82. The Hall–Kier alpha value is -3.10. The van der Waals surface area contributed by atoms with Crippen molar-refractivity contribution in [2.24, 2.45) is 0 Å². The fourth-order valence-corrected chi connectivity index (χ4v) is 3.00. The monoisotopic (exact) mass is 343 g/mol. The van der Waals surface area contributed by atoms with E-state index >= 15 is 0 Å². The predicted octanol–water partition coefficient (Wildman–Crippen LogP) is 1.95. The minimum atomic E-state index is -0.617. The number of carbonyl (C=O) groups excluding carboxylic acids is 1. The molecule has 0 saturated carbocycles. The van der Waals surface area contributed by atoms with Crippen molar-refractivity contribution in [1.29, 1.82) is 0 Å². The van der Waals surface area contributed by atoms with E-state index in [4.69, 9.17) is 0 Å². The summed E-state index contributed by atoms with van der Waals surface area (Å²) in [6.07, 6.45) is 5.03. The van der Waals surface area contributed by atoms with E-state index in [-0.39, 0.29) is 17.2 Å². The van der Waals surface area contributed by atoms with Crippen molar-refractivity contribution in [3.05, 3.63) is 52.0 Å². The Labute approximate surface area is 143 Å². The summed E-state index contributed by atoms with van der Waals surface area (Å²) in [5.74, 6) is -0.0808. The van der Waals surface area contributed by atoms with E-state index in [0.29, 0.717) is 19.0 Å². The van der Waals surface area contributed by atoms with Crippen molar-refractivity contribution in [2.75, 3.05) is 25.1 Å². The molecule has 25 heavy (non-hydrogen) atoms. The molecule has 3 rings (SSSR count). The predicted molar refractivity (Wildman–Crippen MR) is 88.5 cm³/mol. The molecule has 0 spiro atoms. The van der Waals surface area contributed by atoms with Crippen molar-refractivity contribution in [2.45, 2.75) is 18.8 Å². The third-order valence-electron chi connectivity index (χ3n) is 4.32. The number of pyridine rings is 1. The first-order valence-corrected chi connectivity index (χ1v) is 7.85. The fraction of sp³-hybridized carbons (Fsp3) is 0.375. The standard InChI is InChI=1S/C16H17N5O4/c1-25-16(22)13-2-3-14(21(23)24)15(19-13)20-8-5-11(6-9-20)12-4-7-17-18-10-12/h2-4,7,10-11H,5-6,8-9H2,1H3. The fourth-order valence-electron chi connectivity index (χ4n) is 3.00. The molecule has 0 atom stereocenters. The molecule has 9 heteroatoms. The summed E-state index contributed by atoms with van der Waals surface area (Å²) in [5.41, 5.74) is 1.06. The highest BCUT2D eigenvalue weighted by Crippen LogP contribution is 2.33. The first-order valence-electron chi connectivity index (χ1n) is 7.85. The van der Waals surface area contributed by atoms with Gasteiger partial charge in [-0.25, -0.2) is 9.78 Å². The number of nitrogens with zero attached hydrogens (tertiary/aromatic N) is 5. The molecule has 1 fully saturated rings. The summed E-state index contributed by atoms with van der Waals surface area (Å²) >= 11 is 0. The first kappa shape index (κ1) is 16.7. The minimum Gasteiger partial charge on any atom is -0.464 e. The van der Waals surface area contributed by atoms with Crippen LogP contribution in [0.3, 0.4) is 0 Å². The second-order valence-electron chi connectivity index (χ2n) is 5.73. The van der Waals surface area contributed by atoms with E-state index in [1.807, 2.05) is 11.0 Å². The van der Waals surface area contributed by atoms with Gasteiger partial charge < -0.3 is 9.64 Å². The molecule has 0 bridgehead atoms. The average Bonchev–Trinajstić information content (AvgIpc) is 2.67. The Balaban J connectivity index is 1.82. The zero-order chi connectivity index (χ0) is 17.8. The highest BCUT2D eigenvalue weighted by Gasteiger charge is 2.28. The van der Waals surface area contributed by atoms with Gasteiger partial charge in [-0.05, 0) is 36.5 Å². The van der Waals surface area contributed by atoms with Crippen molar-refractivity contribution < 1.29 is 14.5 Å². The molecule has 9 nitrogen and oxygen atoms in total. The Morgan fingerprint density at radius 2 is 2.04 bits per heavy atom. The number of hydrogen-bond acceptors (Lipinski definition) is 8. The van der Waals surface area contributed by atoms with E-state index < -0.39 is 10.9 Å². The van der Waals surface area contributed by atoms with Crippen molar-refractivity contribution >= 4 is 17.5 Å². The van der Waals surface area contributed by atoms with Gasteiger partial charge in [-0.2, -0.15) is 10.2 Å². The minimum absolute atomic E-state index is 0.0588. The van der Waals surface area contributed by atoms with Crippen LogP contribution in [-0.2, 0) is 4.74 Å². The normalized spacial score (nSPS) is 15.0.